The first-order valence-electron chi connectivity index (χ1n) is 11.3. The van der Waals surface area contributed by atoms with Crippen LogP contribution in [0.4, 0.5) is 5.69 Å². The number of rotatable bonds is 7. The molecule has 2 aromatic carbocycles. The first kappa shape index (κ1) is 23.6. The third kappa shape index (κ3) is 6.05. The maximum atomic E-state index is 12.8. The lowest BCUT2D eigenvalue weighted by Crippen LogP contribution is -2.39. The second kappa shape index (κ2) is 11.0. The largest absolute Gasteiger partial charge is 0.350 e. The van der Waals surface area contributed by atoms with E-state index in [1.54, 1.807) is 17.0 Å². The lowest BCUT2D eigenvalue weighted by Gasteiger charge is -2.31. The van der Waals surface area contributed by atoms with Gasteiger partial charge in [-0.1, -0.05) is 59.9 Å². The summed E-state index contributed by atoms with van der Waals surface area (Å²) in [5.41, 5.74) is 1.73. The van der Waals surface area contributed by atoms with Gasteiger partial charge in [-0.2, -0.15) is 0 Å². The minimum absolute atomic E-state index is 0.0272. The molecule has 9 heteroatoms. The number of likely N-dealkylation sites (tertiary alicyclic amines) is 1. The fourth-order valence-corrected chi connectivity index (χ4v) is 4.68. The highest BCUT2D eigenvalue weighted by Crippen LogP contribution is 2.24. The van der Waals surface area contributed by atoms with E-state index in [1.165, 1.54) is 0 Å². The first-order chi connectivity index (χ1) is 16.5. The summed E-state index contributed by atoms with van der Waals surface area (Å²) in [4.78, 5) is 39.4. The fraction of sp³-hybridized carbons (Fsp3) is 0.320. The fourth-order valence-electron chi connectivity index (χ4n) is 3.97. The summed E-state index contributed by atoms with van der Waals surface area (Å²) in [5.74, 6) is -0.359. The second-order valence-corrected chi connectivity index (χ2v) is 9.35. The zero-order valence-corrected chi connectivity index (χ0v) is 19.8. The number of carbonyl (C=O) groups is 3. The van der Waals surface area contributed by atoms with E-state index in [1.807, 2.05) is 55.5 Å². The molecule has 3 aromatic rings. The highest BCUT2D eigenvalue weighted by atomic mass is 32.1. The minimum atomic E-state index is -0.391. The van der Waals surface area contributed by atoms with Crippen molar-refractivity contribution in [3.63, 3.8) is 0 Å². The normalized spacial score (nSPS) is 14.9. The zero-order chi connectivity index (χ0) is 23.9. The second-order valence-electron chi connectivity index (χ2n) is 8.37. The van der Waals surface area contributed by atoms with Crippen molar-refractivity contribution in [3.05, 3.63) is 76.2 Å². The molecule has 0 bridgehead atoms. The highest BCUT2D eigenvalue weighted by Gasteiger charge is 2.28. The van der Waals surface area contributed by atoms with Crippen LogP contribution in [0.5, 0.6) is 0 Å². The smallest absolute Gasteiger partial charge is 0.286 e. The number of amides is 3. The van der Waals surface area contributed by atoms with Crippen molar-refractivity contribution in [1.82, 2.24) is 20.4 Å². The van der Waals surface area contributed by atoms with Gasteiger partial charge in [-0.05, 0) is 43.4 Å². The maximum Gasteiger partial charge on any atom is 0.286 e. The van der Waals surface area contributed by atoms with E-state index in [0.717, 1.165) is 29.7 Å². The molecule has 2 heterocycles. The zero-order valence-electron chi connectivity index (χ0n) is 18.9. The van der Waals surface area contributed by atoms with Crippen molar-refractivity contribution < 1.29 is 14.4 Å². The Balaban J connectivity index is 1.24. The van der Waals surface area contributed by atoms with E-state index in [4.69, 9.17) is 0 Å². The summed E-state index contributed by atoms with van der Waals surface area (Å²) in [5, 5.41) is 14.0. The molecule has 2 N–H and O–H groups in total. The standard InChI is InChI=1S/C25H27N5O3S/c1-17(19-8-4-2-5-9-19)26-21(31)16-18-12-14-30(15-13-18)25(33)24-29-28-23(34-24)22(32)27-20-10-6-3-7-11-20/h2-11,17-18H,12-16H2,1H3,(H,26,31)(H,27,32)/t17-/m0/s1. The molecule has 1 aliphatic heterocycles. The summed E-state index contributed by atoms with van der Waals surface area (Å²) in [6, 6.07) is 18.9. The van der Waals surface area contributed by atoms with E-state index in [9.17, 15) is 14.4 Å². The van der Waals surface area contributed by atoms with Gasteiger partial charge >= 0.3 is 0 Å². The van der Waals surface area contributed by atoms with Gasteiger partial charge in [0.25, 0.3) is 11.8 Å². The molecule has 1 fully saturated rings. The molecule has 0 radical (unpaired) electrons. The van der Waals surface area contributed by atoms with Crippen molar-refractivity contribution in [2.24, 2.45) is 5.92 Å². The Labute approximate surface area is 202 Å². The molecule has 1 atom stereocenters. The molecule has 4 rings (SSSR count). The topological polar surface area (TPSA) is 104 Å². The summed E-state index contributed by atoms with van der Waals surface area (Å²) in [7, 11) is 0. The number of aromatic nitrogens is 2. The van der Waals surface area contributed by atoms with Gasteiger partial charge < -0.3 is 15.5 Å². The molecule has 3 amide bonds. The van der Waals surface area contributed by atoms with Crippen LogP contribution in [0.1, 0.15) is 57.4 Å². The van der Waals surface area contributed by atoms with E-state index in [0.29, 0.717) is 25.2 Å². The number of hydrogen-bond donors (Lipinski definition) is 2. The van der Waals surface area contributed by atoms with E-state index < -0.39 is 5.91 Å². The average molecular weight is 478 g/mol. The summed E-state index contributed by atoms with van der Waals surface area (Å²) in [6.45, 7) is 3.08. The number of carbonyl (C=O) groups excluding carboxylic acids is 3. The van der Waals surface area contributed by atoms with Crippen molar-refractivity contribution >= 4 is 34.7 Å². The number of piperidine rings is 1. The average Bonchev–Trinajstić information content (AvgIpc) is 3.36. The van der Waals surface area contributed by atoms with Crippen molar-refractivity contribution in [1.29, 1.82) is 0 Å². The van der Waals surface area contributed by atoms with E-state index >= 15 is 0 Å². The summed E-state index contributed by atoms with van der Waals surface area (Å²) in [6.07, 6.45) is 1.94. The van der Waals surface area contributed by atoms with Gasteiger partial charge in [0.05, 0.1) is 6.04 Å². The molecule has 0 aliphatic carbocycles. The van der Waals surface area contributed by atoms with Crippen molar-refractivity contribution in [2.75, 3.05) is 18.4 Å². The Kier molecular flexibility index (Phi) is 7.64. The van der Waals surface area contributed by atoms with Gasteiger partial charge in [0, 0.05) is 25.2 Å². The molecule has 1 aromatic heterocycles. The first-order valence-corrected chi connectivity index (χ1v) is 12.1. The Morgan fingerprint density at radius 2 is 1.59 bits per heavy atom. The Bertz CT molecular complexity index is 1130. The van der Waals surface area contributed by atoms with Gasteiger partial charge in [0.15, 0.2) is 0 Å². The molecule has 0 saturated carbocycles. The van der Waals surface area contributed by atoms with Gasteiger partial charge in [-0.15, -0.1) is 10.2 Å². The van der Waals surface area contributed by atoms with Crippen LogP contribution in [-0.2, 0) is 4.79 Å². The molecule has 0 unspecified atom stereocenters. The molecular weight excluding hydrogens is 450 g/mol. The molecule has 34 heavy (non-hydrogen) atoms. The van der Waals surface area contributed by atoms with Gasteiger partial charge in [0.1, 0.15) is 0 Å². The summed E-state index contributed by atoms with van der Waals surface area (Å²) < 4.78 is 0. The van der Waals surface area contributed by atoms with Crippen LogP contribution in [0.3, 0.4) is 0 Å². The van der Waals surface area contributed by atoms with Crippen LogP contribution in [0.25, 0.3) is 0 Å². The molecule has 8 nitrogen and oxygen atoms in total. The monoisotopic (exact) mass is 477 g/mol. The van der Waals surface area contributed by atoms with Crippen LogP contribution in [0.2, 0.25) is 0 Å². The Morgan fingerprint density at radius 1 is 0.971 bits per heavy atom. The van der Waals surface area contributed by atoms with Crippen LogP contribution >= 0.6 is 11.3 Å². The van der Waals surface area contributed by atoms with Crippen LogP contribution in [0, 0.1) is 5.92 Å². The molecule has 1 saturated heterocycles. The number of anilines is 1. The number of nitrogens with zero attached hydrogens (tertiary/aromatic N) is 3. The quantitative estimate of drug-likeness (QED) is 0.537. The maximum absolute atomic E-state index is 12.8. The lowest BCUT2D eigenvalue weighted by molar-refractivity contribution is -0.122. The van der Waals surface area contributed by atoms with Crippen LogP contribution in [0.15, 0.2) is 60.7 Å². The highest BCUT2D eigenvalue weighted by molar-refractivity contribution is 7.15. The van der Waals surface area contributed by atoms with Crippen molar-refractivity contribution in [2.45, 2.75) is 32.2 Å². The lowest BCUT2D eigenvalue weighted by atomic mass is 9.93. The predicted molar refractivity (Wildman–Crippen MR) is 131 cm³/mol. The third-order valence-corrected chi connectivity index (χ3v) is 6.80. The summed E-state index contributed by atoms with van der Waals surface area (Å²) >= 11 is 0.989. The SMILES string of the molecule is C[C@H](NC(=O)CC1CCN(C(=O)c2nnc(C(=O)Nc3ccccc3)s2)CC1)c1ccccc1. The predicted octanol–water partition coefficient (Wildman–Crippen LogP) is 3.91. The molecule has 1 aliphatic rings. The van der Waals surface area contributed by atoms with Gasteiger partial charge in [-0.3, -0.25) is 14.4 Å². The Hall–Kier alpha value is -3.59. The number of para-hydroxylation sites is 1. The van der Waals surface area contributed by atoms with Gasteiger partial charge in [-0.25, -0.2) is 0 Å². The Morgan fingerprint density at radius 3 is 2.26 bits per heavy atom. The number of benzene rings is 2. The molecular formula is C25H27N5O3S. The van der Waals surface area contributed by atoms with Crippen LogP contribution < -0.4 is 10.6 Å². The number of hydrogen-bond acceptors (Lipinski definition) is 6. The molecule has 176 valence electrons. The van der Waals surface area contributed by atoms with Crippen LogP contribution in [-0.4, -0.2) is 45.9 Å². The third-order valence-electron chi connectivity index (χ3n) is 5.89. The van der Waals surface area contributed by atoms with E-state index in [2.05, 4.69) is 20.8 Å². The van der Waals surface area contributed by atoms with Crippen molar-refractivity contribution in [3.8, 4) is 0 Å². The minimum Gasteiger partial charge on any atom is -0.350 e. The van der Waals surface area contributed by atoms with Gasteiger partial charge in [0.2, 0.25) is 15.9 Å². The number of nitrogens with one attached hydrogen (secondary N) is 2. The van der Waals surface area contributed by atoms with E-state index in [-0.39, 0.29) is 33.8 Å². The molecule has 0 spiro atoms.